The number of hydrogen-bond donors (Lipinski definition) is 1. The molecule has 1 N–H and O–H groups in total. The van der Waals surface area contributed by atoms with Crippen molar-refractivity contribution >= 4 is 33.2 Å². The lowest BCUT2D eigenvalue weighted by Gasteiger charge is -2.30. The predicted molar refractivity (Wildman–Crippen MR) is 95.4 cm³/mol. The zero-order chi connectivity index (χ0) is 17.5. The molecule has 1 aromatic carbocycles. The Kier molecular flexibility index (Phi) is 7.85. The number of halogens is 1. The minimum Gasteiger partial charge on any atom is -0.354 e. The highest BCUT2D eigenvalue weighted by Gasteiger charge is 2.31. The molecule has 0 spiro atoms. The van der Waals surface area contributed by atoms with E-state index in [-0.39, 0.29) is 5.91 Å². The molecule has 0 heterocycles. The molecule has 0 aromatic heterocycles. The third-order valence-electron chi connectivity index (χ3n) is 3.49. The van der Waals surface area contributed by atoms with Crippen molar-refractivity contribution in [3.63, 3.8) is 0 Å². The van der Waals surface area contributed by atoms with Gasteiger partial charge in [0.25, 0.3) is 0 Å². The highest BCUT2D eigenvalue weighted by atomic mass is 35.5. The zero-order valence-electron chi connectivity index (χ0n) is 13.9. The summed E-state index contributed by atoms with van der Waals surface area (Å²) in [4.78, 5) is 12.4. The molecular weight excluding hydrogens is 336 g/mol. The van der Waals surface area contributed by atoms with Gasteiger partial charge in [-0.3, -0.25) is 9.10 Å². The van der Waals surface area contributed by atoms with E-state index in [1.165, 1.54) is 4.31 Å². The summed E-state index contributed by atoms with van der Waals surface area (Å²) in [6, 6.07) is 5.67. The van der Waals surface area contributed by atoms with E-state index in [0.29, 0.717) is 23.7 Å². The average molecular weight is 361 g/mol. The third kappa shape index (κ3) is 6.03. The summed E-state index contributed by atoms with van der Waals surface area (Å²) in [6.07, 6.45) is 4.47. The van der Waals surface area contributed by atoms with Gasteiger partial charge in [0.15, 0.2) is 0 Å². The molecule has 0 radical (unpaired) electrons. The molecule has 0 aliphatic heterocycles. The number of nitrogens with zero attached hydrogens (tertiary/aromatic N) is 1. The molecule has 0 saturated heterocycles. The second-order valence-electron chi connectivity index (χ2n) is 5.46. The number of carbonyl (C=O) groups excluding carboxylic acids is 1. The average Bonchev–Trinajstić information content (AvgIpc) is 2.49. The summed E-state index contributed by atoms with van der Waals surface area (Å²) < 4.78 is 25.6. The highest BCUT2D eigenvalue weighted by molar-refractivity contribution is 7.92. The Morgan fingerprint density at radius 1 is 1.22 bits per heavy atom. The maximum Gasteiger partial charge on any atom is 0.243 e. The van der Waals surface area contributed by atoms with Crippen LogP contribution in [-0.4, -0.2) is 33.2 Å². The van der Waals surface area contributed by atoms with Crippen LogP contribution in [0.3, 0.4) is 0 Å². The van der Waals surface area contributed by atoms with Crippen LogP contribution < -0.4 is 9.62 Å². The molecule has 1 aromatic rings. The van der Waals surface area contributed by atoms with Crippen molar-refractivity contribution in [3.05, 3.63) is 29.3 Å². The van der Waals surface area contributed by atoms with Crippen molar-refractivity contribution in [2.75, 3.05) is 17.1 Å². The second-order valence-corrected chi connectivity index (χ2v) is 7.75. The second kappa shape index (κ2) is 9.13. The van der Waals surface area contributed by atoms with E-state index in [1.807, 2.05) is 0 Å². The quantitative estimate of drug-likeness (QED) is 0.688. The topological polar surface area (TPSA) is 66.5 Å². The molecule has 23 heavy (non-hydrogen) atoms. The number of anilines is 1. The minimum absolute atomic E-state index is 0.274. The molecule has 5 nitrogen and oxygen atoms in total. The number of hydrogen-bond acceptors (Lipinski definition) is 3. The summed E-state index contributed by atoms with van der Waals surface area (Å²) in [5, 5.41) is 3.34. The van der Waals surface area contributed by atoms with Gasteiger partial charge in [-0.1, -0.05) is 38.3 Å². The van der Waals surface area contributed by atoms with Crippen LogP contribution in [-0.2, 0) is 14.8 Å². The first-order valence-corrected chi connectivity index (χ1v) is 10.1. The number of nitrogens with one attached hydrogen (secondary N) is 1. The lowest BCUT2D eigenvalue weighted by atomic mass is 10.2. The van der Waals surface area contributed by atoms with E-state index in [2.05, 4.69) is 12.2 Å². The van der Waals surface area contributed by atoms with Crippen LogP contribution in [0, 0.1) is 0 Å². The molecule has 0 bridgehead atoms. The van der Waals surface area contributed by atoms with Crippen molar-refractivity contribution in [1.29, 1.82) is 0 Å². The number of amides is 1. The van der Waals surface area contributed by atoms with Gasteiger partial charge in [0.05, 0.1) is 11.9 Å². The maximum absolute atomic E-state index is 12.4. The Balaban J connectivity index is 2.99. The van der Waals surface area contributed by atoms with Crippen LogP contribution in [0.2, 0.25) is 5.02 Å². The van der Waals surface area contributed by atoms with E-state index < -0.39 is 16.1 Å². The van der Waals surface area contributed by atoms with Crippen LogP contribution in [0.4, 0.5) is 5.69 Å². The van der Waals surface area contributed by atoms with Crippen molar-refractivity contribution < 1.29 is 13.2 Å². The van der Waals surface area contributed by atoms with Crippen LogP contribution in [0.25, 0.3) is 0 Å². The molecule has 1 rings (SSSR count). The smallest absolute Gasteiger partial charge is 0.243 e. The molecule has 0 unspecified atom stereocenters. The number of carbonyl (C=O) groups is 1. The van der Waals surface area contributed by atoms with Crippen LogP contribution >= 0.6 is 11.6 Å². The first kappa shape index (κ1) is 19.8. The van der Waals surface area contributed by atoms with Crippen LogP contribution in [0.5, 0.6) is 0 Å². The summed E-state index contributed by atoms with van der Waals surface area (Å²) >= 11 is 5.86. The lowest BCUT2D eigenvalue weighted by molar-refractivity contribution is -0.122. The Labute approximate surface area is 144 Å². The first-order valence-electron chi connectivity index (χ1n) is 7.84. The summed E-state index contributed by atoms with van der Waals surface area (Å²) in [7, 11) is -3.59. The van der Waals surface area contributed by atoms with E-state index in [4.69, 9.17) is 11.6 Å². The Bertz CT molecular complexity index is 602. The van der Waals surface area contributed by atoms with Gasteiger partial charge in [0.2, 0.25) is 15.9 Å². The van der Waals surface area contributed by atoms with Gasteiger partial charge in [-0.25, -0.2) is 8.42 Å². The predicted octanol–water partition coefficient (Wildman–Crippen LogP) is 3.19. The number of sulfonamides is 1. The van der Waals surface area contributed by atoms with Crippen molar-refractivity contribution in [2.24, 2.45) is 0 Å². The maximum atomic E-state index is 12.4. The van der Waals surface area contributed by atoms with E-state index in [0.717, 1.165) is 25.5 Å². The SMILES string of the molecule is CCCCCNC(=O)[C@H](CC)N(c1ccc(Cl)cc1)S(C)(=O)=O. The van der Waals surface area contributed by atoms with Gasteiger partial charge >= 0.3 is 0 Å². The number of benzene rings is 1. The Morgan fingerprint density at radius 3 is 2.30 bits per heavy atom. The molecule has 0 fully saturated rings. The van der Waals surface area contributed by atoms with Gasteiger partial charge in [0.1, 0.15) is 6.04 Å². The zero-order valence-corrected chi connectivity index (χ0v) is 15.5. The fourth-order valence-electron chi connectivity index (χ4n) is 2.35. The normalized spacial score (nSPS) is 12.7. The number of unbranched alkanes of at least 4 members (excludes halogenated alkanes) is 2. The first-order chi connectivity index (χ1) is 10.8. The van der Waals surface area contributed by atoms with Crippen molar-refractivity contribution in [2.45, 2.75) is 45.6 Å². The molecule has 0 aliphatic carbocycles. The van der Waals surface area contributed by atoms with E-state index in [1.54, 1.807) is 31.2 Å². The minimum atomic E-state index is -3.59. The highest BCUT2D eigenvalue weighted by Crippen LogP contribution is 2.24. The largest absolute Gasteiger partial charge is 0.354 e. The molecule has 1 atom stereocenters. The third-order valence-corrected chi connectivity index (χ3v) is 4.92. The summed E-state index contributed by atoms with van der Waals surface area (Å²) in [5.41, 5.74) is 0.437. The fourth-order valence-corrected chi connectivity index (χ4v) is 3.69. The molecule has 0 saturated carbocycles. The van der Waals surface area contributed by atoms with Crippen molar-refractivity contribution in [1.82, 2.24) is 5.32 Å². The molecule has 0 aliphatic rings. The van der Waals surface area contributed by atoms with Gasteiger partial charge in [0, 0.05) is 11.6 Å². The fraction of sp³-hybridized carbons (Fsp3) is 0.562. The Morgan fingerprint density at radius 2 is 1.83 bits per heavy atom. The van der Waals surface area contributed by atoms with E-state index >= 15 is 0 Å². The van der Waals surface area contributed by atoms with Crippen LogP contribution in [0.1, 0.15) is 39.5 Å². The van der Waals surface area contributed by atoms with Crippen LogP contribution in [0.15, 0.2) is 24.3 Å². The lowest BCUT2D eigenvalue weighted by Crippen LogP contribution is -2.49. The molecule has 7 heteroatoms. The van der Waals surface area contributed by atoms with Crippen molar-refractivity contribution in [3.8, 4) is 0 Å². The molecule has 1 amide bonds. The van der Waals surface area contributed by atoms with Gasteiger partial charge < -0.3 is 5.32 Å². The van der Waals surface area contributed by atoms with Gasteiger partial charge in [-0.2, -0.15) is 0 Å². The van der Waals surface area contributed by atoms with E-state index in [9.17, 15) is 13.2 Å². The summed E-state index contributed by atoms with van der Waals surface area (Å²) in [6.45, 7) is 4.44. The standard InChI is InChI=1S/C16H25ClN2O3S/c1-4-6-7-12-18-16(20)15(5-2)19(23(3,21)22)14-10-8-13(17)9-11-14/h8-11,15H,4-7,12H2,1-3H3,(H,18,20)/t15-/m0/s1. The Hall–Kier alpha value is -1.27. The molecular formula is C16H25ClN2O3S. The van der Waals surface area contributed by atoms with Gasteiger partial charge in [-0.15, -0.1) is 0 Å². The van der Waals surface area contributed by atoms with Gasteiger partial charge in [-0.05, 0) is 37.1 Å². The molecule has 130 valence electrons. The monoisotopic (exact) mass is 360 g/mol. The number of rotatable bonds is 9. The summed E-state index contributed by atoms with van der Waals surface area (Å²) in [5.74, 6) is -0.274.